The summed E-state index contributed by atoms with van der Waals surface area (Å²) in [6, 6.07) is 0. The molecular weight excluding hydrogens is 258 g/mol. The summed E-state index contributed by atoms with van der Waals surface area (Å²) in [6.45, 7) is 12.3. The topological polar surface area (TPSA) is 52.6 Å². The molecule has 0 saturated carbocycles. The Labute approximate surface area is 122 Å². The van der Waals surface area contributed by atoms with Gasteiger partial charge in [-0.25, -0.2) is 4.79 Å². The van der Waals surface area contributed by atoms with Crippen molar-refractivity contribution in [1.82, 2.24) is 0 Å². The second-order valence-electron chi connectivity index (χ2n) is 6.64. The first-order chi connectivity index (χ1) is 8.93. The Morgan fingerprint density at radius 2 is 1.70 bits per heavy atom. The maximum atomic E-state index is 11.6. The lowest BCUT2D eigenvalue weighted by Gasteiger charge is -2.29. The number of hydrogen-bond donors (Lipinski definition) is 0. The largest absolute Gasteiger partial charge is 0.460 e. The quantitative estimate of drug-likeness (QED) is 0.407. The van der Waals surface area contributed by atoms with Crippen LogP contribution in [-0.2, 0) is 19.1 Å². The highest BCUT2D eigenvalue weighted by Gasteiger charge is 2.21. The van der Waals surface area contributed by atoms with Crippen molar-refractivity contribution in [2.75, 3.05) is 33.8 Å². The molecule has 5 nitrogen and oxygen atoms in total. The fraction of sp³-hybridized carbons (Fsp3) is 0.733. The first-order valence-electron chi connectivity index (χ1n) is 6.79. The van der Waals surface area contributed by atoms with Crippen LogP contribution in [0.3, 0.4) is 0 Å². The van der Waals surface area contributed by atoms with Gasteiger partial charge in [0.2, 0.25) is 0 Å². The lowest BCUT2D eigenvalue weighted by molar-refractivity contribution is -0.889. The molecule has 0 aromatic carbocycles. The maximum Gasteiger partial charge on any atom is 0.333 e. The normalized spacial score (nSPS) is 11.9. The minimum atomic E-state index is -0.453. The third-order valence-corrected chi connectivity index (χ3v) is 2.62. The molecule has 0 N–H and O–H groups in total. The van der Waals surface area contributed by atoms with E-state index in [9.17, 15) is 9.59 Å². The molecule has 0 aliphatic carbocycles. The van der Waals surface area contributed by atoms with Gasteiger partial charge in [-0.1, -0.05) is 6.58 Å². The molecule has 0 rings (SSSR count). The fourth-order valence-corrected chi connectivity index (χ4v) is 1.41. The molecule has 0 spiro atoms. The van der Waals surface area contributed by atoms with Gasteiger partial charge in [0.25, 0.3) is 0 Å². The summed E-state index contributed by atoms with van der Waals surface area (Å²) >= 11 is 0. The predicted octanol–water partition coefficient (Wildman–Crippen LogP) is 1.91. The van der Waals surface area contributed by atoms with Gasteiger partial charge >= 0.3 is 11.9 Å². The molecule has 5 heteroatoms. The fourth-order valence-electron chi connectivity index (χ4n) is 1.41. The van der Waals surface area contributed by atoms with Crippen molar-refractivity contribution < 1.29 is 23.5 Å². The molecule has 0 aromatic heterocycles. The number of rotatable bonds is 7. The van der Waals surface area contributed by atoms with Crippen molar-refractivity contribution >= 4 is 11.9 Å². The van der Waals surface area contributed by atoms with E-state index < -0.39 is 5.60 Å². The van der Waals surface area contributed by atoms with Gasteiger partial charge in [-0.3, -0.25) is 4.79 Å². The van der Waals surface area contributed by atoms with Crippen LogP contribution in [0, 0.1) is 0 Å². The summed E-state index contributed by atoms with van der Waals surface area (Å²) in [5, 5.41) is 0. The number of quaternary nitrogens is 1. The van der Waals surface area contributed by atoms with Crippen LogP contribution in [0.2, 0.25) is 0 Å². The summed E-state index contributed by atoms with van der Waals surface area (Å²) in [5.74, 6) is -0.584. The van der Waals surface area contributed by atoms with Gasteiger partial charge in [-0.2, -0.15) is 0 Å². The van der Waals surface area contributed by atoms with Gasteiger partial charge < -0.3 is 14.0 Å². The summed E-state index contributed by atoms with van der Waals surface area (Å²) in [6.07, 6.45) is 0.346. The number of carbonyl (C=O) groups excluding carboxylic acids is 2. The number of nitrogens with zero attached hydrogens (tertiary/aromatic N) is 1. The minimum Gasteiger partial charge on any atom is -0.460 e. The van der Waals surface area contributed by atoms with E-state index in [2.05, 4.69) is 6.58 Å². The lowest BCUT2D eigenvalue weighted by atomic mass is 10.2. The van der Waals surface area contributed by atoms with Crippen LogP contribution in [-0.4, -0.2) is 55.8 Å². The van der Waals surface area contributed by atoms with E-state index in [4.69, 9.17) is 9.47 Å². The monoisotopic (exact) mass is 286 g/mol. The van der Waals surface area contributed by atoms with Crippen LogP contribution in [0.1, 0.15) is 34.1 Å². The Balaban J connectivity index is 4.04. The summed E-state index contributed by atoms with van der Waals surface area (Å²) < 4.78 is 10.9. The Kier molecular flexibility index (Phi) is 6.92. The number of hydrogen-bond acceptors (Lipinski definition) is 4. The molecule has 0 aliphatic rings. The zero-order valence-corrected chi connectivity index (χ0v) is 13.6. The van der Waals surface area contributed by atoms with Gasteiger partial charge in [0.1, 0.15) is 18.8 Å². The highest BCUT2D eigenvalue weighted by atomic mass is 16.6. The molecule has 0 heterocycles. The third-order valence-electron chi connectivity index (χ3n) is 2.62. The number of carbonyl (C=O) groups is 2. The van der Waals surface area contributed by atoms with E-state index in [0.717, 1.165) is 0 Å². The summed E-state index contributed by atoms with van der Waals surface area (Å²) in [5.41, 5.74) is -0.0605. The number of ether oxygens (including phenoxy) is 2. The molecular formula is C15H28NO4+. The van der Waals surface area contributed by atoms with Crippen molar-refractivity contribution in [1.29, 1.82) is 0 Å². The molecule has 0 amide bonds. The average molecular weight is 286 g/mol. The minimum absolute atomic E-state index is 0.206. The molecule has 0 fully saturated rings. The van der Waals surface area contributed by atoms with Gasteiger partial charge in [-0.05, 0) is 27.7 Å². The molecule has 0 radical (unpaired) electrons. The van der Waals surface area contributed by atoms with Crippen molar-refractivity contribution in [2.45, 2.75) is 39.7 Å². The molecule has 0 atom stereocenters. The van der Waals surface area contributed by atoms with Crippen molar-refractivity contribution in [2.24, 2.45) is 0 Å². The van der Waals surface area contributed by atoms with E-state index in [1.807, 2.05) is 34.9 Å². The SMILES string of the molecule is C=C(C)C(=O)OCC[N+](C)(C)CCC(=O)OC(C)(C)C. The first kappa shape index (κ1) is 18.6. The van der Waals surface area contributed by atoms with Crippen LogP contribution in [0.15, 0.2) is 12.2 Å². The zero-order chi connectivity index (χ0) is 16.0. The second-order valence-corrected chi connectivity index (χ2v) is 6.64. The van der Waals surface area contributed by atoms with E-state index in [1.54, 1.807) is 6.92 Å². The maximum absolute atomic E-state index is 11.6. The van der Waals surface area contributed by atoms with E-state index in [1.165, 1.54) is 0 Å². The van der Waals surface area contributed by atoms with Crippen LogP contribution in [0.25, 0.3) is 0 Å². The third kappa shape index (κ3) is 9.55. The molecule has 0 aliphatic heterocycles. The standard InChI is InChI=1S/C15H28NO4/c1-12(2)14(18)19-11-10-16(6,7)9-8-13(17)20-15(3,4)5/h1,8-11H2,2-7H3/q+1. The molecule has 0 saturated heterocycles. The highest BCUT2D eigenvalue weighted by Crippen LogP contribution is 2.09. The first-order valence-corrected chi connectivity index (χ1v) is 6.79. The smallest absolute Gasteiger partial charge is 0.333 e. The molecule has 0 bridgehead atoms. The number of likely N-dealkylation sites (N-methyl/N-ethyl adjacent to an activating group) is 1. The van der Waals surface area contributed by atoms with E-state index in [0.29, 0.717) is 36.2 Å². The summed E-state index contributed by atoms with van der Waals surface area (Å²) in [4.78, 5) is 22.9. The van der Waals surface area contributed by atoms with Crippen molar-refractivity contribution in [3.63, 3.8) is 0 Å². The van der Waals surface area contributed by atoms with Crippen LogP contribution in [0.5, 0.6) is 0 Å². The zero-order valence-electron chi connectivity index (χ0n) is 13.6. The van der Waals surface area contributed by atoms with E-state index >= 15 is 0 Å². The average Bonchev–Trinajstić information content (AvgIpc) is 2.23. The van der Waals surface area contributed by atoms with Crippen LogP contribution < -0.4 is 0 Å². The van der Waals surface area contributed by atoms with E-state index in [-0.39, 0.29) is 11.9 Å². The van der Waals surface area contributed by atoms with Gasteiger partial charge in [0, 0.05) is 5.57 Å². The predicted molar refractivity (Wildman–Crippen MR) is 78.1 cm³/mol. The molecule has 20 heavy (non-hydrogen) atoms. The van der Waals surface area contributed by atoms with Crippen molar-refractivity contribution in [3.8, 4) is 0 Å². The lowest BCUT2D eigenvalue weighted by Crippen LogP contribution is -2.44. The Morgan fingerprint density at radius 1 is 1.15 bits per heavy atom. The van der Waals surface area contributed by atoms with Gasteiger partial charge in [0.05, 0.1) is 27.1 Å². The molecule has 116 valence electrons. The Bertz CT molecular complexity index is 367. The highest BCUT2D eigenvalue weighted by molar-refractivity contribution is 5.86. The molecule has 0 aromatic rings. The van der Waals surface area contributed by atoms with Gasteiger partial charge in [0.15, 0.2) is 0 Å². The molecule has 0 unspecified atom stereocenters. The Hall–Kier alpha value is -1.36. The number of esters is 2. The van der Waals surface area contributed by atoms with Gasteiger partial charge in [-0.15, -0.1) is 0 Å². The van der Waals surface area contributed by atoms with Crippen molar-refractivity contribution in [3.05, 3.63) is 12.2 Å². The summed E-state index contributed by atoms with van der Waals surface area (Å²) in [7, 11) is 3.97. The van der Waals surface area contributed by atoms with Crippen LogP contribution in [0.4, 0.5) is 0 Å². The van der Waals surface area contributed by atoms with Crippen LogP contribution >= 0.6 is 0 Å². The Morgan fingerprint density at radius 3 is 2.15 bits per heavy atom. The second kappa shape index (κ2) is 7.43.